The van der Waals surface area contributed by atoms with Crippen LogP contribution in [0.4, 0.5) is 4.39 Å². The fraction of sp³-hybridized carbons (Fsp3) is 0.222. The molecule has 0 saturated heterocycles. The molecular weight excluding hydrogens is 157 g/mol. The van der Waals surface area contributed by atoms with Crippen molar-refractivity contribution in [2.75, 3.05) is 0 Å². The highest BCUT2D eigenvalue weighted by Crippen LogP contribution is 2.09. The van der Waals surface area contributed by atoms with Gasteiger partial charge in [-0.3, -0.25) is 4.98 Å². The lowest BCUT2D eigenvalue weighted by atomic mass is 10.1. The lowest BCUT2D eigenvalue weighted by molar-refractivity contribution is 0.467. The molecule has 0 fully saturated rings. The molecule has 0 bridgehead atoms. The van der Waals surface area contributed by atoms with E-state index in [0.717, 1.165) is 0 Å². The van der Waals surface area contributed by atoms with E-state index in [1.54, 1.807) is 6.08 Å². The molecule has 1 aromatic heterocycles. The summed E-state index contributed by atoms with van der Waals surface area (Å²) in [7, 11) is 0. The van der Waals surface area contributed by atoms with Crippen molar-refractivity contribution in [1.29, 1.82) is 0 Å². The van der Waals surface area contributed by atoms with Crippen LogP contribution in [0, 0.1) is 0 Å². The van der Waals surface area contributed by atoms with Crippen molar-refractivity contribution in [2.24, 2.45) is 0 Å². The van der Waals surface area contributed by atoms with E-state index in [9.17, 15) is 9.50 Å². The standard InChI is InChI=1S/C9H8FNO/c10-7-3-1-2-6-8(12)4-5-11-9(6)7/h2,4-5,12H,1,3H2. The third-order valence-corrected chi connectivity index (χ3v) is 1.94. The first-order valence-corrected chi connectivity index (χ1v) is 3.82. The van der Waals surface area contributed by atoms with Gasteiger partial charge in [0.05, 0.1) is 0 Å². The number of pyridine rings is 1. The van der Waals surface area contributed by atoms with Crippen LogP contribution in [0.1, 0.15) is 12.8 Å². The molecule has 1 heterocycles. The summed E-state index contributed by atoms with van der Waals surface area (Å²) in [6.07, 6.45) is 4.25. The van der Waals surface area contributed by atoms with E-state index < -0.39 is 0 Å². The predicted molar refractivity (Wildman–Crippen MR) is 43.4 cm³/mol. The van der Waals surface area contributed by atoms with Crippen LogP contribution >= 0.6 is 0 Å². The van der Waals surface area contributed by atoms with Gasteiger partial charge in [-0.05, 0) is 12.5 Å². The normalized spacial score (nSPS) is 15.2. The Balaban J connectivity index is 2.93. The average Bonchev–Trinajstić information content (AvgIpc) is 2.07. The number of nitrogens with zero attached hydrogens (tertiary/aromatic N) is 1. The summed E-state index contributed by atoms with van der Waals surface area (Å²) in [6.45, 7) is 0. The molecule has 0 amide bonds. The van der Waals surface area contributed by atoms with Crippen LogP contribution in [0.2, 0.25) is 0 Å². The second kappa shape index (κ2) is 2.59. The molecule has 0 unspecified atom stereocenters. The highest BCUT2D eigenvalue weighted by Gasteiger charge is 2.06. The van der Waals surface area contributed by atoms with Crippen molar-refractivity contribution in [1.82, 2.24) is 4.98 Å². The Kier molecular flexibility index (Phi) is 1.57. The van der Waals surface area contributed by atoms with Gasteiger partial charge in [-0.2, -0.15) is 0 Å². The van der Waals surface area contributed by atoms with E-state index in [0.29, 0.717) is 23.4 Å². The highest BCUT2D eigenvalue weighted by atomic mass is 19.1. The monoisotopic (exact) mass is 165 g/mol. The molecule has 1 aliphatic carbocycles. The fourth-order valence-corrected chi connectivity index (χ4v) is 1.34. The van der Waals surface area contributed by atoms with E-state index in [1.807, 2.05) is 0 Å². The van der Waals surface area contributed by atoms with Crippen molar-refractivity contribution in [3.05, 3.63) is 22.8 Å². The number of aromatic hydroxyl groups is 1. The molecule has 62 valence electrons. The Morgan fingerprint density at radius 3 is 3.08 bits per heavy atom. The van der Waals surface area contributed by atoms with Gasteiger partial charge in [0.15, 0.2) is 0 Å². The first-order chi connectivity index (χ1) is 5.79. The third-order valence-electron chi connectivity index (χ3n) is 1.94. The quantitative estimate of drug-likeness (QED) is 0.605. The van der Waals surface area contributed by atoms with Crippen molar-refractivity contribution in [3.63, 3.8) is 0 Å². The number of rotatable bonds is 0. The topological polar surface area (TPSA) is 33.1 Å². The van der Waals surface area contributed by atoms with E-state index in [2.05, 4.69) is 4.98 Å². The Labute approximate surface area is 68.7 Å². The molecule has 3 heteroatoms. The van der Waals surface area contributed by atoms with Gasteiger partial charge in [-0.15, -0.1) is 0 Å². The average molecular weight is 165 g/mol. The largest absolute Gasteiger partial charge is 0.507 e. The van der Waals surface area contributed by atoms with Crippen molar-refractivity contribution in [3.8, 4) is 5.75 Å². The molecule has 1 N–H and O–H groups in total. The Bertz CT molecular complexity index is 425. The zero-order chi connectivity index (χ0) is 8.55. The number of aromatic nitrogens is 1. The Morgan fingerprint density at radius 2 is 2.33 bits per heavy atom. The lowest BCUT2D eigenvalue weighted by Gasteiger charge is -2.02. The maximum Gasteiger partial charge on any atom is 0.127 e. The van der Waals surface area contributed by atoms with Crippen LogP contribution in [-0.4, -0.2) is 10.1 Å². The summed E-state index contributed by atoms with van der Waals surface area (Å²) < 4.78 is 13.1. The molecule has 0 radical (unpaired) electrons. The zero-order valence-electron chi connectivity index (χ0n) is 6.42. The molecule has 0 aromatic carbocycles. The molecule has 12 heavy (non-hydrogen) atoms. The van der Waals surface area contributed by atoms with E-state index >= 15 is 0 Å². The van der Waals surface area contributed by atoms with Crippen LogP contribution in [-0.2, 0) is 0 Å². The van der Waals surface area contributed by atoms with Gasteiger partial charge in [-0.25, -0.2) is 4.39 Å². The van der Waals surface area contributed by atoms with Crippen LogP contribution in [0.3, 0.4) is 0 Å². The van der Waals surface area contributed by atoms with Crippen LogP contribution in [0.5, 0.6) is 5.75 Å². The molecule has 2 rings (SSSR count). The van der Waals surface area contributed by atoms with Gasteiger partial charge in [0.1, 0.15) is 16.9 Å². The van der Waals surface area contributed by atoms with Crippen LogP contribution in [0.15, 0.2) is 12.3 Å². The first kappa shape index (κ1) is 7.28. The minimum Gasteiger partial charge on any atom is -0.507 e. The summed E-state index contributed by atoms with van der Waals surface area (Å²) in [4.78, 5) is 3.86. The number of hydrogen-bond acceptors (Lipinski definition) is 2. The maximum atomic E-state index is 13.1. The van der Waals surface area contributed by atoms with Crippen molar-refractivity contribution in [2.45, 2.75) is 12.8 Å². The predicted octanol–water partition coefficient (Wildman–Crippen LogP) is 0.439. The molecule has 0 spiro atoms. The van der Waals surface area contributed by atoms with E-state index in [-0.39, 0.29) is 11.6 Å². The SMILES string of the molecule is Oc1ccnc2c1=CCCC=2F. The Hall–Kier alpha value is -1.38. The molecular formula is C9H8FNO. The number of halogens is 1. The number of hydrogen-bond donors (Lipinski definition) is 1. The highest BCUT2D eigenvalue weighted by molar-refractivity contribution is 5.45. The van der Waals surface area contributed by atoms with Crippen LogP contribution in [0.25, 0.3) is 11.9 Å². The Morgan fingerprint density at radius 1 is 1.50 bits per heavy atom. The summed E-state index contributed by atoms with van der Waals surface area (Å²) >= 11 is 0. The van der Waals surface area contributed by atoms with Gasteiger partial charge in [-0.1, -0.05) is 6.08 Å². The van der Waals surface area contributed by atoms with Gasteiger partial charge in [0.2, 0.25) is 0 Å². The van der Waals surface area contributed by atoms with Crippen molar-refractivity contribution >= 4 is 11.9 Å². The first-order valence-electron chi connectivity index (χ1n) is 3.82. The van der Waals surface area contributed by atoms with E-state index in [1.165, 1.54) is 12.3 Å². The van der Waals surface area contributed by atoms with Crippen LogP contribution < -0.4 is 10.6 Å². The van der Waals surface area contributed by atoms with E-state index in [4.69, 9.17) is 0 Å². The second-order valence-corrected chi connectivity index (χ2v) is 2.74. The third kappa shape index (κ3) is 0.978. The lowest BCUT2D eigenvalue weighted by Crippen LogP contribution is -2.31. The summed E-state index contributed by atoms with van der Waals surface area (Å²) in [5.41, 5.74) is 0. The summed E-state index contributed by atoms with van der Waals surface area (Å²) in [5, 5.41) is 10.1. The summed E-state index contributed by atoms with van der Waals surface area (Å²) in [5.74, 6) is -0.127. The van der Waals surface area contributed by atoms with Gasteiger partial charge >= 0.3 is 0 Å². The molecule has 0 atom stereocenters. The molecule has 0 saturated carbocycles. The fourth-order valence-electron chi connectivity index (χ4n) is 1.34. The second-order valence-electron chi connectivity index (χ2n) is 2.74. The van der Waals surface area contributed by atoms with Crippen molar-refractivity contribution < 1.29 is 9.50 Å². The molecule has 0 aliphatic heterocycles. The molecule has 2 nitrogen and oxygen atoms in total. The minimum atomic E-state index is -0.233. The summed E-state index contributed by atoms with van der Waals surface area (Å²) in [6, 6.07) is 1.47. The molecule has 1 aromatic rings. The number of fused-ring (bicyclic) bond motifs is 1. The maximum absolute atomic E-state index is 13.1. The van der Waals surface area contributed by atoms with Gasteiger partial charge in [0.25, 0.3) is 0 Å². The molecule has 1 aliphatic rings. The van der Waals surface area contributed by atoms with Gasteiger partial charge in [0, 0.05) is 17.8 Å². The minimum absolute atomic E-state index is 0.106. The smallest absolute Gasteiger partial charge is 0.127 e. The van der Waals surface area contributed by atoms with Gasteiger partial charge < -0.3 is 5.11 Å². The zero-order valence-corrected chi connectivity index (χ0v) is 6.42.